The molecule has 0 spiro atoms. The number of anilines is 2. The molecule has 0 aliphatic heterocycles. The summed E-state index contributed by atoms with van der Waals surface area (Å²) in [5.41, 5.74) is 8.86. The van der Waals surface area contributed by atoms with Gasteiger partial charge in [0.15, 0.2) is 0 Å². The third kappa shape index (κ3) is 4.46. The Morgan fingerprint density at radius 3 is 2.28 bits per heavy atom. The second-order valence-electron chi connectivity index (χ2n) is 7.82. The van der Waals surface area contributed by atoms with Crippen LogP contribution in [0.15, 0.2) is 77.7 Å². The Morgan fingerprint density at radius 1 is 0.969 bits per heavy atom. The Hall–Kier alpha value is -4.13. The van der Waals surface area contributed by atoms with Crippen molar-refractivity contribution in [2.75, 3.05) is 24.7 Å². The van der Waals surface area contributed by atoms with Crippen molar-refractivity contribution in [1.82, 2.24) is 14.9 Å². The van der Waals surface area contributed by atoms with Gasteiger partial charge in [0.05, 0.1) is 6.54 Å². The SMILES string of the molecule is CN(C)c1ccc(C(=O)NCc2ccc(Cn3ccc(N)nc3=O)c3ccccc23)cc1. The fourth-order valence-corrected chi connectivity index (χ4v) is 3.65. The van der Waals surface area contributed by atoms with Crippen LogP contribution in [-0.4, -0.2) is 29.6 Å². The number of benzene rings is 3. The van der Waals surface area contributed by atoms with Crippen LogP contribution in [0.5, 0.6) is 0 Å². The fraction of sp³-hybridized carbons (Fsp3) is 0.160. The molecule has 0 fully saturated rings. The molecule has 1 amide bonds. The summed E-state index contributed by atoms with van der Waals surface area (Å²) < 4.78 is 1.52. The molecule has 0 saturated heterocycles. The maximum absolute atomic E-state index is 12.6. The highest BCUT2D eigenvalue weighted by atomic mass is 16.2. The van der Waals surface area contributed by atoms with Crippen LogP contribution in [0, 0.1) is 0 Å². The average molecular weight is 428 g/mol. The number of nitrogen functional groups attached to an aromatic ring is 1. The normalized spacial score (nSPS) is 10.8. The van der Waals surface area contributed by atoms with Crippen LogP contribution >= 0.6 is 0 Å². The molecular formula is C25H25N5O2. The van der Waals surface area contributed by atoms with E-state index >= 15 is 0 Å². The predicted octanol–water partition coefficient (Wildman–Crippen LogP) is 3.02. The molecular weight excluding hydrogens is 402 g/mol. The van der Waals surface area contributed by atoms with Crippen molar-refractivity contribution < 1.29 is 4.79 Å². The van der Waals surface area contributed by atoms with E-state index in [0.29, 0.717) is 18.7 Å². The van der Waals surface area contributed by atoms with Gasteiger partial charge in [-0.1, -0.05) is 36.4 Å². The van der Waals surface area contributed by atoms with Crippen LogP contribution in [0.25, 0.3) is 10.8 Å². The van der Waals surface area contributed by atoms with Crippen LogP contribution in [0.2, 0.25) is 0 Å². The second kappa shape index (κ2) is 8.93. The van der Waals surface area contributed by atoms with Crippen molar-refractivity contribution in [2.24, 2.45) is 0 Å². The van der Waals surface area contributed by atoms with Crippen LogP contribution in [0.3, 0.4) is 0 Å². The Labute approximate surface area is 186 Å². The molecule has 3 aromatic carbocycles. The number of hydrogen-bond donors (Lipinski definition) is 2. The first-order chi connectivity index (χ1) is 15.4. The van der Waals surface area contributed by atoms with Crippen LogP contribution < -0.4 is 21.6 Å². The van der Waals surface area contributed by atoms with Crippen LogP contribution in [0.4, 0.5) is 11.5 Å². The van der Waals surface area contributed by atoms with E-state index in [-0.39, 0.29) is 17.4 Å². The molecule has 162 valence electrons. The lowest BCUT2D eigenvalue weighted by Gasteiger charge is -2.14. The van der Waals surface area contributed by atoms with Crippen LogP contribution in [-0.2, 0) is 13.1 Å². The summed E-state index contributed by atoms with van der Waals surface area (Å²) in [5.74, 6) is 0.0847. The maximum atomic E-state index is 12.6. The van der Waals surface area contributed by atoms with Gasteiger partial charge < -0.3 is 16.0 Å². The van der Waals surface area contributed by atoms with Gasteiger partial charge in [-0.05, 0) is 52.2 Å². The first kappa shape index (κ1) is 21.1. The number of fused-ring (bicyclic) bond motifs is 1. The minimum atomic E-state index is -0.384. The zero-order valence-corrected chi connectivity index (χ0v) is 18.1. The summed E-state index contributed by atoms with van der Waals surface area (Å²) in [6, 6.07) is 21.1. The van der Waals surface area contributed by atoms with E-state index in [1.54, 1.807) is 12.3 Å². The van der Waals surface area contributed by atoms with Crippen molar-refractivity contribution in [3.63, 3.8) is 0 Å². The summed E-state index contributed by atoms with van der Waals surface area (Å²) >= 11 is 0. The van der Waals surface area contributed by atoms with Gasteiger partial charge in [-0.3, -0.25) is 9.36 Å². The molecule has 7 heteroatoms. The molecule has 0 radical (unpaired) electrons. The van der Waals surface area contributed by atoms with Crippen molar-refractivity contribution in [2.45, 2.75) is 13.1 Å². The maximum Gasteiger partial charge on any atom is 0.349 e. The number of nitrogens with one attached hydrogen (secondary N) is 1. The summed E-state index contributed by atoms with van der Waals surface area (Å²) in [4.78, 5) is 30.6. The summed E-state index contributed by atoms with van der Waals surface area (Å²) in [6.07, 6.45) is 1.65. The lowest BCUT2D eigenvalue weighted by molar-refractivity contribution is 0.0951. The number of aromatic nitrogens is 2. The molecule has 0 unspecified atom stereocenters. The van der Waals surface area contributed by atoms with Gasteiger partial charge in [-0.15, -0.1) is 0 Å². The summed E-state index contributed by atoms with van der Waals surface area (Å²) in [7, 11) is 3.92. The van der Waals surface area contributed by atoms with Crippen molar-refractivity contribution >= 4 is 28.2 Å². The molecule has 0 aliphatic carbocycles. The van der Waals surface area contributed by atoms with Crippen molar-refractivity contribution in [1.29, 1.82) is 0 Å². The highest BCUT2D eigenvalue weighted by Crippen LogP contribution is 2.24. The lowest BCUT2D eigenvalue weighted by atomic mass is 9.99. The molecule has 3 N–H and O–H groups in total. The number of carbonyl (C=O) groups is 1. The van der Waals surface area contributed by atoms with Gasteiger partial charge in [-0.25, -0.2) is 4.79 Å². The van der Waals surface area contributed by atoms with Crippen molar-refractivity contribution in [3.05, 3.63) is 100 Å². The van der Waals surface area contributed by atoms with E-state index in [2.05, 4.69) is 10.3 Å². The smallest absolute Gasteiger partial charge is 0.349 e. The molecule has 0 bridgehead atoms. The molecule has 7 nitrogen and oxygen atoms in total. The Morgan fingerprint density at radius 2 is 1.62 bits per heavy atom. The summed E-state index contributed by atoms with van der Waals surface area (Å²) in [6.45, 7) is 0.788. The molecule has 1 aromatic heterocycles. The minimum absolute atomic E-state index is 0.122. The van der Waals surface area contributed by atoms with E-state index in [1.165, 1.54) is 4.57 Å². The average Bonchev–Trinajstić information content (AvgIpc) is 2.80. The van der Waals surface area contributed by atoms with E-state index in [0.717, 1.165) is 27.6 Å². The molecule has 0 saturated carbocycles. The second-order valence-corrected chi connectivity index (χ2v) is 7.82. The van der Waals surface area contributed by atoms with Gasteiger partial charge >= 0.3 is 5.69 Å². The largest absolute Gasteiger partial charge is 0.383 e. The molecule has 0 aliphatic rings. The zero-order chi connectivity index (χ0) is 22.7. The summed E-state index contributed by atoms with van der Waals surface area (Å²) in [5, 5.41) is 5.07. The molecule has 32 heavy (non-hydrogen) atoms. The molecule has 4 rings (SSSR count). The van der Waals surface area contributed by atoms with E-state index < -0.39 is 0 Å². The van der Waals surface area contributed by atoms with Gasteiger partial charge in [0.2, 0.25) is 0 Å². The van der Waals surface area contributed by atoms with E-state index in [9.17, 15) is 9.59 Å². The standard InChI is InChI=1S/C25H25N5O2/c1-29(2)20-11-9-17(10-12-20)24(31)27-15-18-7-8-19(22-6-4-3-5-21(18)22)16-30-14-13-23(26)28-25(30)32/h3-14H,15-16H2,1-2H3,(H,27,31)(H2,26,28,32). The number of hydrogen-bond acceptors (Lipinski definition) is 5. The number of amides is 1. The van der Waals surface area contributed by atoms with Gasteiger partial charge in [0, 0.05) is 38.1 Å². The molecule has 4 aromatic rings. The zero-order valence-electron chi connectivity index (χ0n) is 18.1. The molecule has 0 atom stereocenters. The first-order valence-electron chi connectivity index (χ1n) is 10.3. The quantitative estimate of drug-likeness (QED) is 0.493. The molecule has 1 heterocycles. The van der Waals surface area contributed by atoms with E-state index in [1.807, 2.05) is 79.7 Å². The third-order valence-electron chi connectivity index (χ3n) is 5.43. The topological polar surface area (TPSA) is 93.2 Å². The van der Waals surface area contributed by atoms with Gasteiger partial charge in [0.1, 0.15) is 5.82 Å². The Bertz CT molecular complexity index is 1330. The number of nitrogens with zero attached hydrogens (tertiary/aromatic N) is 3. The predicted molar refractivity (Wildman–Crippen MR) is 128 cm³/mol. The third-order valence-corrected chi connectivity index (χ3v) is 5.43. The lowest BCUT2D eigenvalue weighted by Crippen LogP contribution is -2.24. The van der Waals surface area contributed by atoms with Gasteiger partial charge in [-0.2, -0.15) is 4.98 Å². The Kier molecular flexibility index (Phi) is 5.89. The highest BCUT2D eigenvalue weighted by molar-refractivity contribution is 5.95. The van der Waals surface area contributed by atoms with Crippen molar-refractivity contribution in [3.8, 4) is 0 Å². The number of carbonyl (C=O) groups excluding carboxylic acids is 1. The minimum Gasteiger partial charge on any atom is -0.383 e. The van der Waals surface area contributed by atoms with Crippen LogP contribution in [0.1, 0.15) is 21.5 Å². The highest BCUT2D eigenvalue weighted by Gasteiger charge is 2.10. The number of nitrogens with two attached hydrogens (primary N) is 1. The van der Waals surface area contributed by atoms with Gasteiger partial charge in [0.25, 0.3) is 5.91 Å². The Balaban J connectivity index is 1.55. The fourth-order valence-electron chi connectivity index (χ4n) is 3.65. The number of rotatable bonds is 6. The van der Waals surface area contributed by atoms with E-state index in [4.69, 9.17) is 5.73 Å². The monoisotopic (exact) mass is 427 g/mol. The first-order valence-corrected chi connectivity index (χ1v) is 10.3.